The van der Waals surface area contributed by atoms with Crippen molar-refractivity contribution in [2.24, 2.45) is 0 Å². The minimum absolute atomic E-state index is 0.0122. The number of rotatable bonds is 6. The summed E-state index contributed by atoms with van der Waals surface area (Å²) in [5.41, 5.74) is 1.09. The number of aromatic nitrogens is 2. The lowest BCUT2D eigenvalue weighted by Gasteiger charge is -2.27. The fourth-order valence-corrected chi connectivity index (χ4v) is 2.81. The van der Waals surface area contributed by atoms with Gasteiger partial charge in [0.15, 0.2) is 0 Å². The largest absolute Gasteiger partial charge is 0.489 e. The molecule has 2 heterocycles. The zero-order valence-electron chi connectivity index (χ0n) is 17.5. The van der Waals surface area contributed by atoms with Crippen LogP contribution in [0.25, 0.3) is 11.0 Å². The van der Waals surface area contributed by atoms with Gasteiger partial charge < -0.3 is 24.4 Å². The van der Waals surface area contributed by atoms with Gasteiger partial charge in [-0.05, 0) is 32.9 Å². The number of carbonyl (C=O) groups excluding carboxylic acids is 1. The van der Waals surface area contributed by atoms with Crippen molar-refractivity contribution in [2.45, 2.75) is 26.4 Å². The number of morpholine rings is 1. The molecule has 2 aromatic rings. The van der Waals surface area contributed by atoms with Crippen LogP contribution in [0.1, 0.15) is 20.8 Å². The molecule has 9 heteroatoms. The van der Waals surface area contributed by atoms with Gasteiger partial charge in [0.2, 0.25) is 0 Å². The number of hydrogen-bond acceptors (Lipinski definition) is 7. The van der Waals surface area contributed by atoms with Gasteiger partial charge >= 0.3 is 6.09 Å². The summed E-state index contributed by atoms with van der Waals surface area (Å²) in [4.78, 5) is 22.9. The van der Waals surface area contributed by atoms with Crippen LogP contribution >= 0.6 is 0 Å². The first-order chi connectivity index (χ1) is 14.3. The molecule has 1 amide bonds. The van der Waals surface area contributed by atoms with Gasteiger partial charge in [-0.1, -0.05) is 0 Å². The quantitative estimate of drug-likeness (QED) is 0.771. The second-order valence-electron chi connectivity index (χ2n) is 7.89. The normalized spacial score (nSPS) is 15.2. The fourth-order valence-electron chi connectivity index (χ4n) is 2.81. The number of fused-ring (bicyclic) bond motifs is 1. The third kappa shape index (κ3) is 6.28. The summed E-state index contributed by atoms with van der Waals surface area (Å²) in [5.74, 6) is 1.35. The molecule has 1 aromatic heterocycles. The molecule has 3 rings (SSSR count). The minimum Gasteiger partial charge on any atom is -0.489 e. The maximum atomic E-state index is 13.2. The van der Waals surface area contributed by atoms with E-state index < -0.39 is 11.7 Å². The predicted molar refractivity (Wildman–Crippen MR) is 111 cm³/mol. The highest BCUT2D eigenvalue weighted by atomic mass is 19.1. The smallest absolute Gasteiger partial charge is 0.407 e. The maximum absolute atomic E-state index is 13.2. The number of anilines is 1. The second kappa shape index (κ2) is 9.71. The Hall–Kier alpha value is -2.94. The van der Waals surface area contributed by atoms with Gasteiger partial charge in [-0.3, -0.25) is 4.98 Å². The molecule has 8 nitrogen and oxygen atoms in total. The van der Waals surface area contributed by atoms with Crippen LogP contribution < -0.4 is 15.0 Å². The van der Waals surface area contributed by atoms with Gasteiger partial charge in [0.05, 0.1) is 36.8 Å². The van der Waals surface area contributed by atoms with Gasteiger partial charge in [0, 0.05) is 31.3 Å². The topological polar surface area (TPSA) is 85.8 Å². The number of halogens is 1. The van der Waals surface area contributed by atoms with E-state index in [0.29, 0.717) is 30.8 Å². The van der Waals surface area contributed by atoms with Crippen LogP contribution in [0.15, 0.2) is 36.3 Å². The minimum atomic E-state index is -0.617. The maximum Gasteiger partial charge on any atom is 0.407 e. The van der Waals surface area contributed by atoms with Crippen molar-refractivity contribution >= 4 is 22.9 Å². The van der Waals surface area contributed by atoms with E-state index in [9.17, 15) is 9.18 Å². The number of carbonyl (C=O) groups is 1. The number of alkyl carbamates (subject to hydrolysis) is 1. The third-order valence-electron chi connectivity index (χ3n) is 4.27. The van der Waals surface area contributed by atoms with Gasteiger partial charge in [-0.2, -0.15) is 0 Å². The van der Waals surface area contributed by atoms with Crippen molar-refractivity contribution in [1.82, 2.24) is 15.3 Å². The number of benzene rings is 1. The van der Waals surface area contributed by atoms with E-state index in [1.165, 1.54) is 0 Å². The zero-order valence-corrected chi connectivity index (χ0v) is 17.5. The monoisotopic (exact) mass is 418 g/mol. The van der Waals surface area contributed by atoms with Gasteiger partial charge in [0.1, 0.15) is 23.8 Å². The average Bonchev–Trinajstić information content (AvgIpc) is 2.72. The lowest BCUT2D eigenvalue weighted by molar-refractivity contribution is 0.0531. The van der Waals surface area contributed by atoms with Gasteiger partial charge in [-0.15, -0.1) is 0 Å². The summed E-state index contributed by atoms with van der Waals surface area (Å²) < 4.78 is 29.3. The molecule has 1 fully saturated rings. The molecule has 1 saturated heterocycles. The summed E-state index contributed by atoms with van der Waals surface area (Å²) in [6, 6.07) is 5.33. The Morgan fingerprint density at radius 1 is 1.30 bits per heavy atom. The lowest BCUT2D eigenvalue weighted by atomic mass is 10.2. The summed E-state index contributed by atoms with van der Waals surface area (Å²) in [6.07, 6.45) is 1.54. The molecule has 0 unspecified atom stereocenters. The van der Waals surface area contributed by atoms with Crippen LogP contribution in [-0.4, -0.2) is 61.1 Å². The highest BCUT2D eigenvalue weighted by molar-refractivity contribution is 5.77. The second-order valence-corrected chi connectivity index (χ2v) is 7.89. The first kappa shape index (κ1) is 21.8. The van der Waals surface area contributed by atoms with E-state index >= 15 is 0 Å². The average molecular weight is 418 g/mol. The number of nitrogens with zero attached hydrogens (tertiary/aromatic N) is 3. The van der Waals surface area contributed by atoms with Crippen LogP contribution in [0.3, 0.4) is 0 Å². The molecule has 162 valence electrons. The third-order valence-corrected chi connectivity index (χ3v) is 4.27. The first-order valence-corrected chi connectivity index (χ1v) is 9.81. The zero-order chi connectivity index (χ0) is 21.6. The molecule has 0 atom stereocenters. The van der Waals surface area contributed by atoms with Gasteiger partial charge in [-0.25, -0.2) is 14.2 Å². The van der Waals surface area contributed by atoms with E-state index in [-0.39, 0.29) is 18.7 Å². The van der Waals surface area contributed by atoms with Crippen LogP contribution in [0.2, 0.25) is 0 Å². The molecule has 0 spiro atoms. The summed E-state index contributed by atoms with van der Waals surface area (Å²) in [7, 11) is 0. The first-order valence-electron chi connectivity index (χ1n) is 9.81. The molecule has 0 aliphatic carbocycles. The van der Waals surface area contributed by atoms with Crippen molar-refractivity contribution < 1.29 is 23.4 Å². The standard InChI is InChI=1S/C21H27FN4O4/c1-21(2,3)30-20(27)24-12-15(11-22)14-29-16-4-5-17-18(10-16)23-13-19(25-17)26-6-8-28-9-7-26/h4-5,10-11,13H,6-9,12,14H2,1-3H3,(H,24,27)/b15-11+. The van der Waals surface area contributed by atoms with Crippen molar-refractivity contribution in [3.63, 3.8) is 0 Å². The lowest BCUT2D eigenvalue weighted by Crippen LogP contribution is -2.36. The Balaban J connectivity index is 1.56. The Labute approximate surface area is 175 Å². The molecule has 0 radical (unpaired) electrons. The Morgan fingerprint density at radius 3 is 2.77 bits per heavy atom. The van der Waals surface area contributed by atoms with Crippen LogP contribution in [0.4, 0.5) is 15.0 Å². The van der Waals surface area contributed by atoms with Crippen LogP contribution in [0.5, 0.6) is 5.75 Å². The molecule has 1 aromatic carbocycles. The van der Waals surface area contributed by atoms with E-state index in [1.54, 1.807) is 39.1 Å². The molecule has 1 aliphatic rings. The molecule has 1 N–H and O–H groups in total. The van der Waals surface area contributed by atoms with Crippen molar-refractivity contribution in [3.05, 3.63) is 36.3 Å². The van der Waals surface area contributed by atoms with E-state index in [4.69, 9.17) is 14.2 Å². The Bertz CT molecular complexity index is 908. The Kier molecular flexibility index (Phi) is 7.04. The Morgan fingerprint density at radius 2 is 2.07 bits per heavy atom. The summed E-state index contributed by atoms with van der Waals surface area (Å²) in [6.45, 7) is 8.18. The summed E-state index contributed by atoms with van der Waals surface area (Å²) in [5, 5.41) is 2.51. The van der Waals surface area contributed by atoms with E-state index in [1.807, 2.05) is 6.07 Å². The molecule has 0 bridgehead atoms. The fraction of sp³-hybridized carbons (Fsp3) is 0.476. The van der Waals surface area contributed by atoms with E-state index in [2.05, 4.69) is 20.2 Å². The highest BCUT2D eigenvalue weighted by Crippen LogP contribution is 2.21. The van der Waals surface area contributed by atoms with E-state index in [0.717, 1.165) is 24.4 Å². The molecular weight excluding hydrogens is 391 g/mol. The summed E-state index contributed by atoms with van der Waals surface area (Å²) >= 11 is 0. The molecule has 0 saturated carbocycles. The molecular formula is C21H27FN4O4. The molecule has 30 heavy (non-hydrogen) atoms. The SMILES string of the molecule is CC(C)(C)OC(=O)NC/C(=C\F)COc1ccc2nc(N3CCOCC3)cnc2c1. The van der Waals surface area contributed by atoms with Crippen molar-refractivity contribution in [2.75, 3.05) is 44.4 Å². The predicted octanol–water partition coefficient (Wildman–Crippen LogP) is 3.22. The molecule has 1 aliphatic heterocycles. The van der Waals surface area contributed by atoms with Gasteiger partial charge in [0.25, 0.3) is 0 Å². The highest BCUT2D eigenvalue weighted by Gasteiger charge is 2.16. The van der Waals surface area contributed by atoms with Crippen molar-refractivity contribution in [1.29, 1.82) is 0 Å². The van der Waals surface area contributed by atoms with Crippen LogP contribution in [-0.2, 0) is 9.47 Å². The number of ether oxygens (including phenoxy) is 3. The number of amides is 1. The van der Waals surface area contributed by atoms with Crippen molar-refractivity contribution in [3.8, 4) is 5.75 Å². The number of nitrogens with one attached hydrogen (secondary N) is 1. The number of hydrogen-bond donors (Lipinski definition) is 1. The van der Waals surface area contributed by atoms with Crippen LogP contribution in [0, 0.1) is 0 Å².